The third-order valence-electron chi connectivity index (χ3n) is 4.90. The minimum Gasteiger partial charge on any atom is -0.374 e. The number of H-pyrrole nitrogens is 1. The van der Waals surface area contributed by atoms with Crippen LogP contribution in [0.25, 0.3) is 10.9 Å². The summed E-state index contributed by atoms with van der Waals surface area (Å²) in [7, 11) is 0. The summed E-state index contributed by atoms with van der Waals surface area (Å²) in [6.45, 7) is 0.846. The number of hydrogen-bond donors (Lipinski definition) is 3. The maximum absolute atomic E-state index is 10.2. The van der Waals surface area contributed by atoms with Gasteiger partial charge in [0.25, 0.3) is 0 Å². The number of nitrogens with one attached hydrogen (secondary N) is 2. The van der Waals surface area contributed by atoms with Crippen LogP contribution >= 0.6 is 0 Å². The molecule has 0 aromatic carbocycles. The number of anilines is 2. The summed E-state index contributed by atoms with van der Waals surface area (Å²) in [6, 6.07) is 2.44. The van der Waals surface area contributed by atoms with Crippen LogP contribution in [0.2, 0.25) is 0 Å². The zero-order valence-corrected chi connectivity index (χ0v) is 12.8. The average molecular weight is 301 g/mol. The largest absolute Gasteiger partial charge is 0.374 e. The summed E-state index contributed by atoms with van der Waals surface area (Å²) >= 11 is 0. The van der Waals surface area contributed by atoms with Crippen molar-refractivity contribution in [2.75, 3.05) is 16.8 Å². The number of aromatic amines is 1. The van der Waals surface area contributed by atoms with E-state index in [0.29, 0.717) is 6.04 Å². The number of nitrogens with zero attached hydrogens (tertiary/aromatic N) is 3. The van der Waals surface area contributed by atoms with Crippen molar-refractivity contribution in [1.29, 1.82) is 0 Å². The Bertz CT molecular complexity index is 649. The van der Waals surface area contributed by atoms with Gasteiger partial charge in [0, 0.05) is 18.8 Å². The third kappa shape index (κ3) is 2.41. The standard InChI is InChI=1S/C16H23N5O/c22-13-7-4-10-21(13)16-14-12(19-20-16)8-9-17-15(14)18-11-5-2-1-3-6-11/h8-9,11,13,22H,1-7,10H2,(H,17,18)(H,19,20). The SMILES string of the molecule is OC1CCCN1c1n[nH]c2ccnc(NC3CCCCC3)c12. The van der Waals surface area contributed by atoms with Gasteiger partial charge in [0.05, 0.1) is 10.9 Å². The molecule has 0 bridgehead atoms. The number of aliphatic hydroxyl groups excluding tert-OH is 1. The molecule has 2 aromatic rings. The highest BCUT2D eigenvalue weighted by atomic mass is 16.3. The van der Waals surface area contributed by atoms with E-state index >= 15 is 0 Å². The molecular weight excluding hydrogens is 278 g/mol. The van der Waals surface area contributed by atoms with E-state index in [1.165, 1.54) is 32.1 Å². The Labute approximate surface area is 129 Å². The van der Waals surface area contributed by atoms with E-state index < -0.39 is 6.23 Å². The predicted molar refractivity (Wildman–Crippen MR) is 87.0 cm³/mol. The van der Waals surface area contributed by atoms with Gasteiger partial charge in [0.1, 0.15) is 12.0 Å². The lowest BCUT2D eigenvalue weighted by Gasteiger charge is -2.25. The molecule has 1 atom stereocenters. The lowest BCUT2D eigenvalue weighted by Crippen LogP contribution is -2.29. The van der Waals surface area contributed by atoms with E-state index in [-0.39, 0.29) is 0 Å². The van der Waals surface area contributed by atoms with Crippen molar-refractivity contribution in [3.05, 3.63) is 12.3 Å². The van der Waals surface area contributed by atoms with Crippen LogP contribution in [0.15, 0.2) is 12.3 Å². The molecule has 1 saturated heterocycles. The molecule has 2 fully saturated rings. The Hall–Kier alpha value is -1.82. The summed E-state index contributed by atoms with van der Waals surface area (Å²) in [5, 5.41) is 22.3. The highest BCUT2D eigenvalue weighted by Crippen LogP contribution is 2.34. The molecule has 2 aromatic heterocycles. The molecule has 4 rings (SSSR count). The van der Waals surface area contributed by atoms with Gasteiger partial charge < -0.3 is 15.3 Å². The fourth-order valence-electron chi connectivity index (χ4n) is 3.70. The van der Waals surface area contributed by atoms with Crippen molar-refractivity contribution >= 4 is 22.5 Å². The monoisotopic (exact) mass is 301 g/mol. The molecule has 2 aliphatic rings. The molecule has 6 nitrogen and oxygen atoms in total. The van der Waals surface area contributed by atoms with E-state index in [1.54, 1.807) is 0 Å². The Kier molecular flexibility index (Phi) is 3.62. The predicted octanol–water partition coefficient (Wildman–Crippen LogP) is 2.62. The van der Waals surface area contributed by atoms with Crippen LogP contribution < -0.4 is 10.2 Å². The summed E-state index contributed by atoms with van der Waals surface area (Å²) < 4.78 is 0. The molecule has 3 N–H and O–H groups in total. The van der Waals surface area contributed by atoms with Gasteiger partial charge in [-0.3, -0.25) is 5.10 Å². The Morgan fingerprint density at radius 2 is 2.05 bits per heavy atom. The van der Waals surface area contributed by atoms with E-state index in [9.17, 15) is 5.11 Å². The zero-order chi connectivity index (χ0) is 14.9. The molecule has 1 aliphatic heterocycles. The lowest BCUT2D eigenvalue weighted by atomic mass is 9.95. The second-order valence-corrected chi connectivity index (χ2v) is 6.42. The van der Waals surface area contributed by atoms with Crippen molar-refractivity contribution in [3.63, 3.8) is 0 Å². The fourth-order valence-corrected chi connectivity index (χ4v) is 3.70. The van der Waals surface area contributed by atoms with Gasteiger partial charge in [-0.25, -0.2) is 4.98 Å². The first kappa shape index (κ1) is 13.8. The Balaban J connectivity index is 1.69. The lowest BCUT2D eigenvalue weighted by molar-refractivity contribution is 0.185. The Morgan fingerprint density at radius 3 is 2.82 bits per heavy atom. The molecule has 0 radical (unpaired) electrons. The number of fused-ring (bicyclic) bond motifs is 1. The van der Waals surface area contributed by atoms with Crippen LogP contribution in [0.3, 0.4) is 0 Å². The summed E-state index contributed by atoms with van der Waals surface area (Å²) in [5.41, 5.74) is 0.974. The molecule has 3 heterocycles. The van der Waals surface area contributed by atoms with Crippen molar-refractivity contribution in [3.8, 4) is 0 Å². The van der Waals surface area contributed by atoms with Crippen LogP contribution in [0.1, 0.15) is 44.9 Å². The van der Waals surface area contributed by atoms with Gasteiger partial charge in [-0.05, 0) is 31.7 Å². The van der Waals surface area contributed by atoms with Crippen LogP contribution in [-0.2, 0) is 0 Å². The first-order valence-corrected chi connectivity index (χ1v) is 8.37. The fraction of sp³-hybridized carbons (Fsp3) is 0.625. The molecule has 6 heteroatoms. The number of rotatable bonds is 3. The smallest absolute Gasteiger partial charge is 0.164 e. The number of hydrogen-bond acceptors (Lipinski definition) is 5. The molecule has 22 heavy (non-hydrogen) atoms. The van der Waals surface area contributed by atoms with E-state index in [4.69, 9.17) is 0 Å². The average Bonchev–Trinajstić information content (AvgIpc) is 3.15. The van der Waals surface area contributed by atoms with Crippen molar-refractivity contribution < 1.29 is 5.11 Å². The number of aromatic nitrogens is 3. The normalized spacial score (nSPS) is 23.3. The van der Waals surface area contributed by atoms with Crippen molar-refractivity contribution in [1.82, 2.24) is 15.2 Å². The number of aliphatic hydroxyl groups is 1. The molecule has 1 unspecified atom stereocenters. The maximum atomic E-state index is 10.2. The Morgan fingerprint density at radius 1 is 1.18 bits per heavy atom. The first-order chi connectivity index (χ1) is 10.8. The van der Waals surface area contributed by atoms with Gasteiger partial charge in [-0.1, -0.05) is 19.3 Å². The molecule has 118 valence electrons. The number of pyridine rings is 1. The van der Waals surface area contributed by atoms with Crippen LogP contribution in [0.5, 0.6) is 0 Å². The quantitative estimate of drug-likeness (QED) is 0.812. The minimum atomic E-state index is -0.436. The van der Waals surface area contributed by atoms with Crippen LogP contribution in [-0.4, -0.2) is 39.1 Å². The first-order valence-electron chi connectivity index (χ1n) is 8.37. The molecule has 0 amide bonds. The highest BCUT2D eigenvalue weighted by Gasteiger charge is 2.27. The van der Waals surface area contributed by atoms with Gasteiger partial charge in [-0.15, -0.1) is 0 Å². The summed E-state index contributed by atoms with van der Waals surface area (Å²) in [4.78, 5) is 6.53. The third-order valence-corrected chi connectivity index (χ3v) is 4.90. The van der Waals surface area contributed by atoms with Gasteiger partial charge >= 0.3 is 0 Å². The van der Waals surface area contributed by atoms with E-state index in [2.05, 4.69) is 20.5 Å². The van der Waals surface area contributed by atoms with Crippen LogP contribution in [0.4, 0.5) is 11.6 Å². The highest BCUT2D eigenvalue weighted by molar-refractivity contribution is 5.98. The van der Waals surface area contributed by atoms with Crippen molar-refractivity contribution in [2.45, 2.75) is 57.2 Å². The maximum Gasteiger partial charge on any atom is 0.164 e. The molecule has 1 saturated carbocycles. The molecular formula is C16H23N5O. The van der Waals surface area contributed by atoms with Crippen molar-refractivity contribution in [2.24, 2.45) is 0 Å². The van der Waals surface area contributed by atoms with Gasteiger partial charge in [0.15, 0.2) is 5.82 Å². The van der Waals surface area contributed by atoms with Crippen LogP contribution in [0, 0.1) is 0 Å². The van der Waals surface area contributed by atoms with E-state index in [0.717, 1.165) is 41.9 Å². The van der Waals surface area contributed by atoms with Gasteiger partial charge in [0.2, 0.25) is 0 Å². The summed E-state index contributed by atoms with van der Waals surface area (Å²) in [5.74, 6) is 1.72. The minimum absolute atomic E-state index is 0.436. The topological polar surface area (TPSA) is 77.1 Å². The second-order valence-electron chi connectivity index (χ2n) is 6.42. The molecule has 1 aliphatic carbocycles. The van der Waals surface area contributed by atoms with Gasteiger partial charge in [-0.2, -0.15) is 5.10 Å². The van der Waals surface area contributed by atoms with E-state index in [1.807, 2.05) is 17.2 Å². The molecule has 0 spiro atoms. The summed E-state index contributed by atoms with van der Waals surface area (Å²) in [6.07, 6.45) is 9.51. The second kappa shape index (κ2) is 5.76. The zero-order valence-electron chi connectivity index (χ0n) is 12.8.